The van der Waals surface area contributed by atoms with E-state index >= 15 is 0 Å². The van der Waals surface area contributed by atoms with Crippen LogP contribution in [0, 0.1) is 18.6 Å². The number of aliphatic hydroxyl groups is 1. The molecule has 0 fully saturated rings. The second-order valence-electron chi connectivity index (χ2n) is 3.67. The van der Waals surface area contributed by atoms with Crippen LogP contribution in [0.4, 0.5) is 17.6 Å². The molecule has 0 radical (unpaired) electrons. The zero-order valence-corrected chi connectivity index (χ0v) is 9.38. The third-order valence-electron chi connectivity index (χ3n) is 2.27. The summed E-state index contributed by atoms with van der Waals surface area (Å²) in [5, 5.41) is 10.6. The molecule has 1 unspecified atom stereocenters. The first-order valence-electron chi connectivity index (χ1n) is 5.03. The van der Waals surface area contributed by atoms with E-state index in [0.717, 1.165) is 12.1 Å². The number of aliphatic hydroxyl groups excluding tert-OH is 1. The number of benzene rings is 1. The number of carbonyl (C=O) groups excluding carboxylic acids is 1. The van der Waals surface area contributed by atoms with Gasteiger partial charge >= 0.3 is 0 Å². The molecule has 1 atom stereocenters. The lowest BCUT2D eigenvalue weighted by Crippen LogP contribution is -2.36. The zero-order chi connectivity index (χ0) is 13.9. The summed E-state index contributed by atoms with van der Waals surface area (Å²) in [6, 6.07) is 2.05. The third kappa shape index (κ3) is 3.19. The van der Waals surface area contributed by atoms with Gasteiger partial charge in [-0.3, -0.25) is 4.79 Å². The lowest BCUT2D eigenvalue weighted by atomic mass is 10.1. The molecule has 18 heavy (non-hydrogen) atoms. The van der Waals surface area contributed by atoms with Gasteiger partial charge in [0.05, 0.1) is 0 Å². The van der Waals surface area contributed by atoms with Gasteiger partial charge < -0.3 is 10.4 Å². The molecule has 1 amide bonds. The van der Waals surface area contributed by atoms with Gasteiger partial charge in [0.25, 0.3) is 12.3 Å². The zero-order valence-electron chi connectivity index (χ0n) is 9.38. The Hall–Kier alpha value is -1.63. The minimum Gasteiger partial charge on any atom is -0.385 e. The van der Waals surface area contributed by atoms with Crippen LogP contribution in [-0.4, -0.2) is 30.1 Å². The Bertz CT molecular complexity index is 451. The first-order valence-corrected chi connectivity index (χ1v) is 5.03. The van der Waals surface area contributed by atoms with E-state index in [4.69, 9.17) is 5.11 Å². The monoisotopic (exact) mass is 265 g/mol. The number of rotatable bonds is 4. The third-order valence-corrected chi connectivity index (χ3v) is 2.27. The van der Waals surface area contributed by atoms with Gasteiger partial charge in [-0.05, 0) is 18.6 Å². The summed E-state index contributed by atoms with van der Waals surface area (Å²) in [6.07, 6.45) is -5.12. The molecule has 0 bridgehead atoms. The summed E-state index contributed by atoms with van der Waals surface area (Å²) in [4.78, 5) is 11.4. The van der Waals surface area contributed by atoms with Gasteiger partial charge in [-0.25, -0.2) is 17.6 Å². The van der Waals surface area contributed by atoms with Crippen molar-refractivity contribution in [3.63, 3.8) is 0 Å². The van der Waals surface area contributed by atoms with Crippen LogP contribution in [0.3, 0.4) is 0 Å². The minimum absolute atomic E-state index is 0.0518. The van der Waals surface area contributed by atoms with Crippen LogP contribution in [-0.2, 0) is 0 Å². The van der Waals surface area contributed by atoms with Crippen molar-refractivity contribution in [2.24, 2.45) is 0 Å². The van der Waals surface area contributed by atoms with Crippen molar-refractivity contribution in [3.8, 4) is 0 Å². The standard InChI is InChI=1S/C11H11F4NO2/c1-5-2-3-6(12)8(9(5)13)11(18)16-4-7(17)10(14)15/h2-3,7,10,17H,4H2,1H3,(H,16,18). The maximum Gasteiger partial charge on any atom is 0.265 e. The van der Waals surface area contributed by atoms with Gasteiger partial charge in [-0.2, -0.15) is 0 Å². The van der Waals surface area contributed by atoms with Crippen LogP contribution < -0.4 is 5.32 Å². The van der Waals surface area contributed by atoms with Crippen molar-refractivity contribution in [2.45, 2.75) is 19.5 Å². The fourth-order valence-electron chi connectivity index (χ4n) is 1.24. The van der Waals surface area contributed by atoms with Crippen LogP contribution in [0.1, 0.15) is 15.9 Å². The number of aryl methyl sites for hydroxylation is 1. The Kier molecular flexibility index (Phi) is 4.66. The number of nitrogens with one attached hydrogen (secondary N) is 1. The molecular formula is C11H11F4NO2. The molecule has 0 saturated carbocycles. The van der Waals surface area contributed by atoms with E-state index in [9.17, 15) is 22.4 Å². The topological polar surface area (TPSA) is 49.3 Å². The van der Waals surface area contributed by atoms with Gasteiger partial charge in [-0.1, -0.05) is 6.07 Å². The van der Waals surface area contributed by atoms with Crippen molar-refractivity contribution in [3.05, 3.63) is 34.9 Å². The Morgan fingerprint density at radius 2 is 2.00 bits per heavy atom. The van der Waals surface area contributed by atoms with Crippen LogP contribution in [0.25, 0.3) is 0 Å². The van der Waals surface area contributed by atoms with Crippen LogP contribution in [0.2, 0.25) is 0 Å². The number of alkyl halides is 2. The molecule has 1 aromatic rings. The maximum absolute atomic E-state index is 13.5. The van der Waals surface area contributed by atoms with E-state index in [0.29, 0.717) is 0 Å². The lowest BCUT2D eigenvalue weighted by Gasteiger charge is -2.12. The molecular weight excluding hydrogens is 254 g/mol. The molecule has 0 heterocycles. The van der Waals surface area contributed by atoms with E-state index in [1.165, 1.54) is 6.92 Å². The Labute approximate surface area is 100 Å². The smallest absolute Gasteiger partial charge is 0.265 e. The minimum atomic E-state index is -3.04. The first-order chi connectivity index (χ1) is 8.34. The molecule has 7 heteroatoms. The lowest BCUT2D eigenvalue weighted by molar-refractivity contribution is -0.00274. The van der Waals surface area contributed by atoms with Crippen molar-refractivity contribution >= 4 is 5.91 Å². The van der Waals surface area contributed by atoms with Crippen LogP contribution >= 0.6 is 0 Å². The number of amides is 1. The number of carbonyl (C=O) groups is 1. The van der Waals surface area contributed by atoms with Gasteiger partial charge in [0, 0.05) is 6.54 Å². The maximum atomic E-state index is 13.5. The van der Waals surface area contributed by atoms with E-state index in [-0.39, 0.29) is 5.56 Å². The molecule has 0 aliphatic rings. The van der Waals surface area contributed by atoms with Gasteiger partial charge in [-0.15, -0.1) is 0 Å². The molecule has 0 saturated heterocycles. The van der Waals surface area contributed by atoms with Crippen LogP contribution in [0.5, 0.6) is 0 Å². The summed E-state index contributed by atoms with van der Waals surface area (Å²) in [5.41, 5.74) is -0.799. The highest BCUT2D eigenvalue weighted by Crippen LogP contribution is 2.16. The molecule has 0 aliphatic heterocycles. The molecule has 100 valence electrons. The van der Waals surface area contributed by atoms with E-state index < -0.39 is 42.2 Å². The van der Waals surface area contributed by atoms with Crippen molar-refractivity contribution in [1.29, 1.82) is 0 Å². The summed E-state index contributed by atoms with van der Waals surface area (Å²) in [6.45, 7) is 0.545. The highest BCUT2D eigenvalue weighted by molar-refractivity contribution is 5.95. The molecule has 1 aromatic carbocycles. The Morgan fingerprint density at radius 1 is 1.39 bits per heavy atom. The summed E-state index contributed by atoms with van der Waals surface area (Å²) in [7, 11) is 0. The predicted molar refractivity (Wildman–Crippen MR) is 55.4 cm³/mol. The molecule has 0 aromatic heterocycles. The first kappa shape index (κ1) is 14.4. The summed E-state index contributed by atoms with van der Waals surface area (Å²) >= 11 is 0. The van der Waals surface area contributed by atoms with Gasteiger partial charge in [0.1, 0.15) is 23.3 Å². The van der Waals surface area contributed by atoms with E-state index in [2.05, 4.69) is 0 Å². The quantitative estimate of drug-likeness (QED) is 0.813. The summed E-state index contributed by atoms with van der Waals surface area (Å²) < 4.78 is 50.6. The second-order valence-corrected chi connectivity index (χ2v) is 3.67. The predicted octanol–water partition coefficient (Wildman–Crippen LogP) is 1.63. The van der Waals surface area contributed by atoms with Crippen LogP contribution in [0.15, 0.2) is 12.1 Å². The fraction of sp³-hybridized carbons (Fsp3) is 0.364. The Morgan fingerprint density at radius 3 is 2.56 bits per heavy atom. The SMILES string of the molecule is Cc1ccc(F)c(C(=O)NCC(O)C(F)F)c1F. The molecule has 3 nitrogen and oxygen atoms in total. The molecule has 2 N–H and O–H groups in total. The second kappa shape index (κ2) is 5.81. The fourth-order valence-corrected chi connectivity index (χ4v) is 1.24. The van der Waals surface area contributed by atoms with Crippen molar-refractivity contribution in [2.75, 3.05) is 6.54 Å². The van der Waals surface area contributed by atoms with Crippen molar-refractivity contribution in [1.82, 2.24) is 5.32 Å². The van der Waals surface area contributed by atoms with Gasteiger partial charge in [0.15, 0.2) is 0 Å². The normalized spacial score (nSPS) is 12.6. The number of hydrogen-bond donors (Lipinski definition) is 2. The van der Waals surface area contributed by atoms with E-state index in [1.54, 1.807) is 0 Å². The largest absolute Gasteiger partial charge is 0.385 e. The van der Waals surface area contributed by atoms with Gasteiger partial charge in [0.2, 0.25) is 0 Å². The molecule has 1 rings (SSSR count). The number of hydrogen-bond acceptors (Lipinski definition) is 2. The highest BCUT2D eigenvalue weighted by Gasteiger charge is 2.22. The number of halogens is 4. The average Bonchev–Trinajstić information content (AvgIpc) is 2.31. The van der Waals surface area contributed by atoms with Crippen molar-refractivity contribution < 1.29 is 27.5 Å². The average molecular weight is 265 g/mol. The highest BCUT2D eigenvalue weighted by atomic mass is 19.3. The van der Waals surface area contributed by atoms with E-state index in [1.807, 2.05) is 5.32 Å². The molecule has 0 aliphatic carbocycles. The summed E-state index contributed by atoms with van der Waals surface area (Å²) in [5.74, 6) is -3.34. The Balaban J connectivity index is 2.82. The molecule has 0 spiro atoms.